The van der Waals surface area contributed by atoms with Crippen molar-refractivity contribution in [1.29, 1.82) is 0 Å². The SMILES string of the molecule is CCC(N)Cc1cc(Br)ccc1N(C)C(CC)CSC. The van der Waals surface area contributed by atoms with Crippen LogP contribution in [0, 0.1) is 0 Å². The molecule has 0 radical (unpaired) electrons. The average Bonchev–Trinajstić information content (AvgIpc) is 2.44. The molecule has 0 heterocycles. The van der Waals surface area contributed by atoms with Crippen LogP contribution < -0.4 is 10.6 Å². The lowest BCUT2D eigenvalue weighted by Crippen LogP contribution is -2.34. The minimum Gasteiger partial charge on any atom is -0.371 e. The summed E-state index contributed by atoms with van der Waals surface area (Å²) in [7, 11) is 2.20. The molecule has 2 unspecified atom stereocenters. The van der Waals surface area contributed by atoms with Gasteiger partial charge in [-0.2, -0.15) is 11.8 Å². The van der Waals surface area contributed by atoms with Gasteiger partial charge < -0.3 is 10.6 Å². The highest BCUT2D eigenvalue weighted by atomic mass is 79.9. The summed E-state index contributed by atoms with van der Waals surface area (Å²) in [6.07, 6.45) is 5.28. The summed E-state index contributed by atoms with van der Waals surface area (Å²) in [6, 6.07) is 7.36. The lowest BCUT2D eigenvalue weighted by Gasteiger charge is -2.31. The molecule has 0 saturated carbocycles. The fourth-order valence-electron chi connectivity index (χ4n) is 2.38. The Hall–Kier alpha value is -0.190. The summed E-state index contributed by atoms with van der Waals surface area (Å²) >= 11 is 5.49. The van der Waals surface area contributed by atoms with E-state index in [9.17, 15) is 0 Å². The second kappa shape index (κ2) is 8.96. The number of hydrogen-bond acceptors (Lipinski definition) is 3. The van der Waals surface area contributed by atoms with E-state index in [4.69, 9.17) is 5.73 Å². The summed E-state index contributed by atoms with van der Waals surface area (Å²) in [4.78, 5) is 2.42. The Bertz CT molecular complexity index is 411. The van der Waals surface area contributed by atoms with E-state index in [0.29, 0.717) is 6.04 Å². The highest BCUT2D eigenvalue weighted by molar-refractivity contribution is 9.10. The molecule has 0 bridgehead atoms. The van der Waals surface area contributed by atoms with E-state index in [0.717, 1.165) is 29.5 Å². The molecule has 0 aromatic heterocycles. The third-order valence-corrected chi connectivity index (χ3v) is 5.02. The van der Waals surface area contributed by atoms with E-state index in [1.165, 1.54) is 11.3 Å². The normalized spacial score (nSPS) is 14.1. The van der Waals surface area contributed by atoms with Crippen molar-refractivity contribution >= 4 is 33.4 Å². The van der Waals surface area contributed by atoms with Crippen LogP contribution in [0.15, 0.2) is 22.7 Å². The van der Waals surface area contributed by atoms with Crippen LogP contribution in [0.5, 0.6) is 0 Å². The van der Waals surface area contributed by atoms with Gasteiger partial charge in [-0.25, -0.2) is 0 Å². The lowest BCUT2D eigenvalue weighted by atomic mass is 10.0. The standard InChI is InChI=1S/C16H27BrN2S/c1-5-14(18)10-12-9-13(17)7-8-16(12)19(3)15(6-2)11-20-4/h7-9,14-15H,5-6,10-11,18H2,1-4H3. The minimum atomic E-state index is 0.233. The summed E-state index contributed by atoms with van der Waals surface area (Å²) in [5.74, 6) is 1.16. The molecular formula is C16H27BrN2S. The number of anilines is 1. The summed E-state index contributed by atoms with van der Waals surface area (Å²) in [6.45, 7) is 4.41. The lowest BCUT2D eigenvalue weighted by molar-refractivity contribution is 0.635. The van der Waals surface area contributed by atoms with E-state index in [1.54, 1.807) is 0 Å². The number of nitrogens with two attached hydrogens (primary N) is 1. The Morgan fingerprint density at radius 1 is 1.30 bits per heavy atom. The first-order valence-corrected chi connectivity index (χ1v) is 9.47. The molecule has 1 rings (SSSR count). The fourth-order valence-corrected chi connectivity index (χ4v) is 3.63. The number of benzene rings is 1. The Balaban J connectivity index is 3.02. The van der Waals surface area contributed by atoms with Gasteiger partial charge in [0.1, 0.15) is 0 Å². The molecule has 0 saturated heterocycles. The van der Waals surface area contributed by atoms with Crippen molar-refractivity contribution in [3.8, 4) is 0 Å². The van der Waals surface area contributed by atoms with E-state index >= 15 is 0 Å². The number of rotatable bonds is 8. The molecule has 0 amide bonds. The van der Waals surface area contributed by atoms with Gasteiger partial charge in [-0.05, 0) is 49.3 Å². The quantitative estimate of drug-likeness (QED) is 0.750. The zero-order valence-electron chi connectivity index (χ0n) is 13.0. The topological polar surface area (TPSA) is 29.3 Å². The van der Waals surface area contributed by atoms with Crippen LogP contribution in [0.4, 0.5) is 5.69 Å². The van der Waals surface area contributed by atoms with Gasteiger partial charge >= 0.3 is 0 Å². The number of hydrogen-bond donors (Lipinski definition) is 1. The first-order chi connectivity index (χ1) is 9.53. The predicted octanol–water partition coefficient (Wildman–Crippen LogP) is 4.31. The van der Waals surface area contributed by atoms with E-state index < -0.39 is 0 Å². The smallest absolute Gasteiger partial charge is 0.0400 e. The molecule has 20 heavy (non-hydrogen) atoms. The van der Waals surface area contributed by atoms with E-state index in [1.807, 2.05) is 11.8 Å². The maximum Gasteiger partial charge on any atom is 0.0400 e. The van der Waals surface area contributed by atoms with Gasteiger partial charge in [0.15, 0.2) is 0 Å². The molecule has 4 heteroatoms. The maximum atomic E-state index is 6.15. The molecule has 114 valence electrons. The third-order valence-electron chi connectivity index (χ3n) is 3.81. The molecule has 0 fully saturated rings. The summed E-state index contributed by atoms with van der Waals surface area (Å²) < 4.78 is 1.13. The molecule has 2 nitrogen and oxygen atoms in total. The molecule has 1 aromatic rings. The van der Waals surface area contributed by atoms with Gasteiger partial charge in [0.25, 0.3) is 0 Å². The second-order valence-electron chi connectivity index (χ2n) is 5.27. The van der Waals surface area contributed by atoms with Crippen molar-refractivity contribution in [2.24, 2.45) is 5.73 Å². The Kier molecular flexibility index (Phi) is 8.00. The van der Waals surface area contributed by atoms with Crippen molar-refractivity contribution in [3.63, 3.8) is 0 Å². The minimum absolute atomic E-state index is 0.233. The molecule has 2 N–H and O–H groups in total. The van der Waals surface area contributed by atoms with Crippen molar-refractivity contribution in [2.75, 3.05) is 24.0 Å². The van der Waals surface area contributed by atoms with Gasteiger partial charge in [0, 0.05) is 35.0 Å². The molecule has 1 aromatic carbocycles. The number of nitrogens with zero attached hydrogens (tertiary/aromatic N) is 1. The summed E-state index contributed by atoms with van der Waals surface area (Å²) in [5.41, 5.74) is 8.81. The zero-order valence-corrected chi connectivity index (χ0v) is 15.4. The van der Waals surface area contributed by atoms with Crippen LogP contribution >= 0.6 is 27.7 Å². The van der Waals surface area contributed by atoms with E-state index in [2.05, 4.69) is 66.2 Å². The van der Waals surface area contributed by atoms with Gasteiger partial charge in [0.05, 0.1) is 0 Å². The fraction of sp³-hybridized carbons (Fsp3) is 0.625. The first kappa shape index (κ1) is 17.9. The molecular weight excluding hydrogens is 332 g/mol. The first-order valence-electron chi connectivity index (χ1n) is 7.29. The van der Waals surface area contributed by atoms with Gasteiger partial charge in [0.2, 0.25) is 0 Å². The van der Waals surface area contributed by atoms with Crippen molar-refractivity contribution < 1.29 is 0 Å². The predicted molar refractivity (Wildman–Crippen MR) is 97.0 cm³/mol. The largest absolute Gasteiger partial charge is 0.371 e. The Morgan fingerprint density at radius 2 is 2.00 bits per heavy atom. The molecule has 0 aliphatic carbocycles. The molecule has 2 atom stereocenters. The van der Waals surface area contributed by atoms with Crippen LogP contribution in [0.1, 0.15) is 32.3 Å². The average molecular weight is 359 g/mol. The van der Waals surface area contributed by atoms with Crippen molar-refractivity contribution in [2.45, 2.75) is 45.2 Å². The Morgan fingerprint density at radius 3 is 2.55 bits per heavy atom. The molecule has 0 spiro atoms. The van der Waals surface area contributed by atoms with Crippen LogP contribution in [0.3, 0.4) is 0 Å². The number of halogens is 1. The van der Waals surface area contributed by atoms with E-state index in [-0.39, 0.29) is 6.04 Å². The van der Waals surface area contributed by atoms with Crippen LogP contribution in [-0.2, 0) is 6.42 Å². The van der Waals surface area contributed by atoms with Gasteiger partial charge in [-0.15, -0.1) is 0 Å². The van der Waals surface area contributed by atoms with Crippen LogP contribution in [0.25, 0.3) is 0 Å². The zero-order chi connectivity index (χ0) is 15.1. The highest BCUT2D eigenvalue weighted by Crippen LogP contribution is 2.28. The van der Waals surface area contributed by atoms with Crippen molar-refractivity contribution in [3.05, 3.63) is 28.2 Å². The number of thioether (sulfide) groups is 1. The van der Waals surface area contributed by atoms with Gasteiger partial charge in [-0.1, -0.05) is 29.8 Å². The monoisotopic (exact) mass is 358 g/mol. The highest BCUT2D eigenvalue weighted by Gasteiger charge is 2.17. The second-order valence-corrected chi connectivity index (χ2v) is 7.10. The Labute approximate surface area is 136 Å². The maximum absolute atomic E-state index is 6.15. The van der Waals surface area contributed by atoms with Crippen LogP contribution in [0.2, 0.25) is 0 Å². The summed E-state index contributed by atoms with van der Waals surface area (Å²) in [5, 5.41) is 0. The third kappa shape index (κ3) is 4.97. The van der Waals surface area contributed by atoms with Gasteiger partial charge in [-0.3, -0.25) is 0 Å². The van der Waals surface area contributed by atoms with Crippen LogP contribution in [-0.4, -0.2) is 31.1 Å². The molecule has 0 aliphatic rings. The molecule has 0 aliphatic heterocycles. The van der Waals surface area contributed by atoms with Crippen molar-refractivity contribution in [1.82, 2.24) is 0 Å².